The van der Waals surface area contributed by atoms with E-state index in [4.69, 9.17) is 0 Å². The molecule has 3 heterocycles. The molecule has 1 atom stereocenters. The Hall–Kier alpha value is -3.90. The highest BCUT2D eigenvalue weighted by molar-refractivity contribution is 7.51. The van der Waals surface area contributed by atoms with Crippen LogP contribution in [0.15, 0.2) is 84.9 Å². The lowest BCUT2D eigenvalue weighted by molar-refractivity contribution is 0.568. The van der Waals surface area contributed by atoms with Gasteiger partial charge in [0.2, 0.25) is 0 Å². The van der Waals surface area contributed by atoms with Gasteiger partial charge in [0.25, 0.3) is 6.71 Å². The number of fused-ring (bicyclic) bond motifs is 4. The fourth-order valence-corrected chi connectivity index (χ4v) is 9.77. The van der Waals surface area contributed by atoms with E-state index in [0.717, 1.165) is 20.8 Å². The minimum Gasteiger partial charge on any atom is -0.311 e. The highest BCUT2D eigenvalue weighted by Gasteiger charge is 2.44. The van der Waals surface area contributed by atoms with Gasteiger partial charge >= 0.3 is 0 Å². The molecule has 0 amide bonds. The maximum Gasteiger partial charge on any atom is 0.252 e. The van der Waals surface area contributed by atoms with E-state index in [-0.39, 0.29) is 28.4 Å². The third kappa shape index (κ3) is 7.50. The summed E-state index contributed by atoms with van der Waals surface area (Å²) in [5.41, 5.74) is 22.0. The van der Waals surface area contributed by atoms with Gasteiger partial charge in [0.15, 0.2) is 0 Å². The number of hydrogen-bond donors (Lipinski definition) is 0. The smallest absolute Gasteiger partial charge is 0.252 e. The van der Waals surface area contributed by atoms with E-state index in [0.29, 0.717) is 5.66 Å². The summed E-state index contributed by atoms with van der Waals surface area (Å²) >= 11 is 0. The fraction of sp³-hybridized carbons (Fsp3) is 0.385. The van der Waals surface area contributed by atoms with E-state index in [2.05, 4.69) is 197 Å². The second-order valence-corrected chi connectivity index (χ2v) is 23.1. The Kier molecular flexibility index (Phi) is 9.70. The van der Waals surface area contributed by atoms with Crippen molar-refractivity contribution < 1.29 is 0 Å². The molecular weight excluding hydrogens is 725 g/mol. The Morgan fingerprint density at radius 1 is 0.561 bits per heavy atom. The lowest BCUT2D eigenvalue weighted by atomic mass is 9.33. The number of rotatable bonds is 6. The van der Waals surface area contributed by atoms with Crippen LogP contribution in [-0.2, 0) is 34.2 Å². The van der Waals surface area contributed by atoms with Crippen LogP contribution >= 0.6 is 16.4 Å². The number of anilines is 6. The molecule has 5 aromatic carbocycles. The summed E-state index contributed by atoms with van der Waals surface area (Å²) in [7, 11) is 2.61. The molecule has 0 aromatic heterocycles. The van der Waals surface area contributed by atoms with Crippen LogP contribution in [0.3, 0.4) is 0 Å². The number of benzene rings is 5. The molecule has 8 rings (SSSR count). The minimum absolute atomic E-state index is 0.00448. The van der Waals surface area contributed by atoms with Gasteiger partial charge in [-0.05, 0) is 145 Å². The lowest BCUT2D eigenvalue weighted by Gasteiger charge is -2.45. The molecule has 0 N–H and O–H groups in total. The average molecular weight is 787 g/mol. The van der Waals surface area contributed by atoms with Gasteiger partial charge in [0.05, 0.1) is 0 Å². The molecule has 0 saturated carbocycles. The molecule has 0 spiro atoms. The zero-order chi connectivity index (χ0) is 41.0. The molecule has 0 aliphatic carbocycles. The van der Waals surface area contributed by atoms with Crippen LogP contribution in [0.2, 0.25) is 0 Å². The summed E-state index contributed by atoms with van der Waals surface area (Å²) in [5, 5.41) is 0. The second kappa shape index (κ2) is 13.9. The Labute approximate surface area is 347 Å². The van der Waals surface area contributed by atoms with Crippen LogP contribution in [0, 0.1) is 6.92 Å². The van der Waals surface area contributed by atoms with Crippen molar-refractivity contribution in [3.05, 3.63) is 124 Å². The highest BCUT2D eigenvalue weighted by atomic mass is 31.1. The molecule has 3 aliphatic heterocycles. The summed E-state index contributed by atoms with van der Waals surface area (Å²) in [4.78, 5) is 5.24. The molecule has 0 bridgehead atoms. The van der Waals surface area contributed by atoms with Crippen molar-refractivity contribution in [1.29, 1.82) is 0 Å². The van der Waals surface area contributed by atoms with Gasteiger partial charge in [0, 0.05) is 45.9 Å². The van der Waals surface area contributed by atoms with Crippen molar-refractivity contribution in [2.75, 3.05) is 9.80 Å². The zero-order valence-corrected chi connectivity index (χ0v) is 38.5. The van der Waals surface area contributed by atoms with Crippen LogP contribution in [0.4, 0.5) is 34.1 Å². The quantitative estimate of drug-likeness (QED) is 0.122. The summed E-state index contributed by atoms with van der Waals surface area (Å²) in [5.74, 6) is 2.43. The predicted molar refractivity (Wildman–Crippen MR) is 258 cm³/mol. The third-order valence-corrected chi connectivity index (χ3v) is 13.7. The van der Waals surface area contributed by atoms with Crippen molar-refractivity contribution in [2.45, 2.75) is 130 Å². The van der Waals surface area contributed by atoms with Crippen LogP contribution in [-0.4, -0.2) is 24.5 Å². The molecule has 5 heteroatoms. The second-order valence-electron chi connectivity index (χ2n) is 21.1. The SMILES string of the molecule is C=PCc1ccc2c(c1)B1c3cc(CC4C=P4)ccc3N(c3cc(C(C)(C)C)cc(C(C)(C)C)c3)c3cc(C)cc(c31)N2c1cc(C(C)(C)C)cc(C(C)(C)C)c1. The molecule has 57 heavy (non-hydrogen) atoms. The summed E-state index contributed by atoms with van der Waals surface area (Å²) in [6, 6.07) is 34.4. The molecular formula is C52H61BN2P2. The number of aryl methyl sites for hydroxylation is 1. The first kappa shape index (κ1) is 39.9. The van der Waals surface area contributed by atoms with Crippen LogP contribution in [0.5, 0.6) is 0 Å². The van der Waals surface area contributed by atoms with E-state index >= 15 is 0 Å². The molecule has 0 radical (unpaired) electrons. The van der Waals surface area contributed by atoms with Crippen LogP contribution < -0.4 is 26.2 Å². The number of hydrogen-bond acceptors (Lipinski definition) is 2. The number of nitrogens with zero attached hydrogens (tertiary/aromatic N) is 2. The maximum atomic E-state index is 4.26. The van der Waals surface area contributed by atoms with Gasteiger partial charge in [-0.15, -0.1) is 8.20 Å². The molecule has 2 nitrogen and oxygen atoms in total. The molecule has 1 unspecified atom stereocenters. The van der Waals surface area contributed by atoms with E-state index < -0.39 is 0 Å². The molecule has 5 aromatic rings. The first-order chi connectivity index (χ1) is 26.6. The van der Waals surface area contributed by atoms with E-state index in [9.17, 15) is 0 Å². The fourth-order valence-electron chi connectivity index (χ4n) is 8.77. The Bertz CT molecular complexity index is 2380. The highest BCUT2D eigenvalue weighted by Crippen LogP contribution is 2.47. The Morgan fingerprint density at radius 2 is 0.965 bits per heavy atom. The lowest BCUT2D eigenvalue weighted by Crippen LogP contribution is -2.61. The van der Waals surface area contributed by atoms with Gasteiger partial charge in [-0.1, -0.05) is 134 Å². The Morgan fingerprint density at radius 3 is 1.35 bits per heavy atom. The van der Waals surface area contributed by atoms with Crippen molar-refractivity contribution in [3.8, 4) is 0 Å². The van der Waals surface area contributed by atoms with E-state index in [1.807, 2.05) is 0 Å². The van der Waals surface area contributed by atoms with Gasteiger partial charge in [-0.3, -0.25) is 0 Å². The zero-order valence-electron chi connectivity index (χ0n) is 36.7. The van der Waals surface area contributed by atoms with Crippen molar-refractivity contribution in [2.24, 2.45) is 0 Å². The first-order valence-corrected chi connectivity index (χ1v) is 23.2. The largest absolute Gasteiger partial charge is 0.311 e. The van der Waals surface area contributed by atoms with Gasteiger partial charge in [0.1, 0.15) is 0 Å². The predicted octanol–water partition coefficient (Wildman–Crippen LogP) is 12.8. The summed E-state index contributed by atoms with van der Waals surface area (Å²) in [6.45, 7) is 30.6. The van der Waals surface area contributed by atoms with Gasteiger partial charge < -0.3 is 9.80 Å². The van der Waals surface area contributed by atoms with Crippen molar-refractivity contribution >= 4 is 85.7 Å². The van der Waals surface area contributed by atoms with Crippen molar-refractivity contribution in [3.63, 3.8) is 0 Å². The third-order valence-electron chi connectivity index (χ3n) is 12.3. The van der Waals surface area contributed by atoms with Crippen LogP contribution in [0.1, 0.15) is 122 Å². The Balaban J connectivity index is 1.48. The van der Waals surface area contributed by atoms with Gasteiger partial charge in [-0.25, -0.2) is 0 Å². The molecule has 292 valence electrons. The first-order valence-electron chi connectivity index (χ1n) is 20.9. The summed E-state index contributed by atoms with van der Waals surface area (Å²) in [6.07, 6.45) is 6.29. The molecule has 0 saturated heterocycles. The molecule has 3 aliphatic rings. The van der Waals surface area contributed by atoms with E-state index in [1.54, 1.807) is 0 Å². The molecule has 0 fully saturated rings. The van der Waals surface area contributed by atoms with Crippen molar-refractivity contribution in [1.82, 2.24) is 0 Å². The van der Waals surface area contributed by atoms with Gasteiger partial charge in [-0.2, -0.15) is 0 Å². The topological polar surface area (TPSA) is 6.48 Å². The monoisotopic (exact) mass is 786 g/mol. The van der Waals surface area contributed by atoms with E-state index in [1.165, 1.54) is 97.7 Å². The minimum atomic E-state index is -0.00631. The summed E-state index contributed by atoms with van der Waals surface area (Å²) < 4.78 is 0. The average Bonchev–Trinajstić information content (AvgIpc) is 3.94. The van der Waals surface area contributed by atoms with Crippen LogP contribution in [0.25, 0.3) is 0 Å². The standard InChI is InChI=1S/C52H61BN2P2/c1-32-19-46-48-47(20-32)55(40-28-37(51(8,9)10)25-38(29-40)52(11,12)13)45-18-16-34(30-56-14)23-43(45)53(48)42-22-33(21-41-31-57-41)15-17-44(42)54(46)39-26-35(49(2,3)4)24-36(27-39)50(5,6)7/h15-20,22-29,31,41H,14,21,30H2,1-13H3. The maximum absolute atomic E-state index is 4.26. The normalized spacial score (nSPS) is 16.4.